The summed E-state index contributed by atoms with van der Waals surface area (Å²) in [6.07, 6.45) is 0. The minimum atomic E-state index is -0.347. The Morgan fingerprint density at radius 1 is 0.852 bits per heavy atom. The van der Waals surface area contributed by atoms with Crippen LogP contribution in [0.4, 0.5) is 5.69 Å². The number of hydrogen-bond acceptors (Lipinski definition) is 3. The Labute approximate surface area is 158 Å². The number of nitrogens with one attached hydrogen (secondary N) is 2. The fourth-order valence-corrected chi connectivity index (χ4v) is 2.83. The van der Waals surface area contributed by atoms with Crippen molar-refractivity contribution in [1.82, 2.24) is 5.32 Å². The van der Waals surface area contributed by atoms with Gasteiger partial charge in [0.2, 0.25) is 5.91 Å². The first-order chi connectivity index (χ1) is 13.0. The Balaban J connectivity index is 1.48. The molecule has 0 spiro atoms. The van der Waals surface area contributed by atoms with Crippen molar-refractivity contribution in [3.63, 3.8) is 0 Å². The van der Waals surface area contributed by atoms with Crippen molar-refractivity contribution >= 4 is 28.3 Å². The van der Waals surface area contributed by atoms with Gasteiger partial charge in [-0.15, -0.1) is 0 Å². The standard InChI is InChI=1S/C22H22N2O3/c1-15-6-5-7-16(2)22(15)24-20(25)13-23-21(26)14-27-19-11-10-17-8-3-4-9-18(17)12-19/h3-12H,13-14H2,1-2H3,(H,23,26)(H,24,25). The van der Waals surface area contributed by atoms with Crippen LogP contribution in [0.2, 0.25) is 0 Å². The number of hydrogen-bond donors (Lipinski definition) is 2. The summed E-state index contributed by atoms with van der Waals surface area (Å²) in [5.41, 5.74) is 2.74. The van der Waals surface area contributed by atoms with Gasteiger partial charge in [0.25, 0.3) is 5.91 Å². The third-order valence-corrected chi connectivity index (χ3v) is 4.28. The van der Waals surface area contributed by atoms with Crippen LogP contribution in [0.15, 0.2) is 60.7 Å². The van der Waals surface area contributed by atoms with Crippen molar-refractivity contribution in [3.8, 4) is 5.75 Å². The van der Waals surface area contributed by atoms with Crippen molar-refractivity contribution in [2.45, 2.75) is 13.8 Å². The van der Waals surface area contributed by atoms with Crippen molar-refractivity contribution in [1.29, 1.82) is 0 Å². The summed E-state index contributed by atoms with van der Waals surface area (Å²) in [6.45, 7) is 3.61. The molecule has 5 nitrogen and oxygen atoms in total. The van der Waals surface area contributed by atoms with Crippen molar-refractivity contribution in [2.75, 3.05) is 18.5 Å². The lowest BCUT2D eigenvalue weighted by Gasteiger charge is -2.12. The highest BCUT2D eigenvalue weighted by molar-refractivity contribution is 5.95. The van der Waals surface area contributed by atoms with Crippen LogP contribution in [0.1, 0.15) is 11.1 Å². The van der Waals surface area contributed by atoms with Crippen LogP contribution in [0.3, 0.4) is 0 Å². The number of carbonyl (C=O) groups excluding carboxylic acids is 2. The highest BCUT2D eigenvalue weighted by Crippen LogP contribution is 2.20. The normalized spacial score (nSPS) is 10.4. The van der Waals surface area contributed by atoms with E-state index in [4.69, 9.17) is 4.74 Å². The predicted molar refractivity (Wildman–Crippen MR) is 107 cm³/mol. The third-order valence-electron chi connectivity index (χ3n) is 4.28. The molecule has 0 atom stereocenters. The number of fused-ring (bicyclic) bond motifs is 1. The Kier molecular flexibility index (Phi) is 5.71. The molecule has 0 aliphatic rings. The van der Waals surface area contributed by atoms with Crippen molar-refractivity contribution in [3.05, 3.63) is 71.8 Å². The number of para-hydroxylation sites is 1. The minimum absolute atomic E-state index is 0.103. The van der Waals surface area contributed by atoms with Crippen LogP contribution in [0.5, 0.6) is 5.75 Å². The SMILES string of the molecule is Cc1cccc(C)c1NC(=O)CNC(=O)COc1ccc2ccccc2c1. The number of ether oxygens (including phenoxy) is 1. The molecule has 2 N–H and O–H groups in total. The molecular formula is C22H22N2O3. The van der Waals surface area contributed by atoms with E-state index in [9.17, 15) is 9.59 Å². The zero-order valence-electron chi connectivity index (χ0n) is 15.4. The van der Waals surface area contributed by atoms with Crippen LogP contribution in [0, 0.1) is 13.8 Å². The van der Waals surface area contributed by atoms with Crippen LogP contribution < -0.4 is 15.4 Å². The monoisotopic (exact) mass is 362 g/mol. The van der Waals surface area contributed by atoms with Gasteiger partial charge in [-0.2, -0.15) is 0 Å². The van der Waals surface area contributed by atoms with Gasteiger partial charge in [-0.3, -0.25) is 9.59 Å². The maximum atomic E-state index is 12.1. The molecule has 0 aliphatic carbocycles. The van der Waals surface area contributed by atoms with Crippen LogP contribution in [0.25, 0.3) is 10.8 Å². The molecule has 27 heavy (non-hydrogen) atoms. The maximum Gasteiger partial charge on any atom is 0.258 e. The molecule has 0 heterocycles. The smallest absolute Gasteiger partial charge is 0.258 e. The average Bonchev–Trinajstić information content (AvgIpc) is 2.67. The van der Waals surface area contributed by atoms with E-state index in [1.165, 1.54) is 0 Å². The molecule has 0 unspecified atom stereocenters. The summed E-state index contributed by atoms with van der Waals surface area (Å²) in [5, 5.41) is 7.56. The van der Waals surface area contributed by atoms with Crippen LogP contribution >= 0.6 is 0 Å². The molecule has 3 aromatic carbocycles. The van der Waals surface area contributed by atoms with Gasteiger partial charge in [-0.1, -0.05) is 48.5 Å². The van der Waals surface area contributed by atoms with Gasteiger partial charge in [-0.05, 0) is 47.9 Å². The molecule has 0 radical (unpaired) electrons. The lowest BCUT2D eigenvalue weighted by atomic mass is 10.1. The van der Waals surface area contributed by atoms with E-state index >= 15 is 0 Å². The average molecular weight is 362 g/mol. The van der Waals surface area contributed by atoms with E-state index < -0.39 is 0 Å². The Bertz CT molecular complexity index is 962. The second-order valence-corrected chi connectivity index (χ2v) is 6.39. The molecule has 0 aromatic heterocycles. The Morgan fingerprint density at radius 3 is 2.30 bits per heavy atom. The van der Waals surface area contributed by atoms with Gasteiger partial charge in [0.15, 0.2) is 6.61 Å². The fraction of sp³-hybridized carbons (Fsp3) is 0.182. The summed E-state index contributed by atoms with van der Waals surface area (Å²) < 4.78 is 5.52. The maximum absolute atomic E-state index is 12.1. The van der Waals surface area contributed by atoms with E-state index in [0.717, 1.165) is 27.6 Å². The zero-order valence-corrected chi connectivity index (χ0v) is 15.4. The van der Waals surface area contributed by atoms with E-state index in [0.29, 0.717) is 5.75 Å². The number of aryl methyl sites for hydroxylation is 2. The molecule has 0 saturated heterocycles. The zero-order chi connectivity index (χ0) is 19.2. The van der Waals surface area contributed by atoms with E-state index in [1.807, 2.05) is 74.5 Å². The van der Waals surface area contributed by atoms with Gasteiger partial charge in [0.05, 0.1) is 6.54 Å². The summed E-state index contributed by atoms with van der Waals surface area (Å²) >= 11 is 0. The van der Waals surface area contributed by atoms with Crippen molar-refractivity contribution in [2.24, 2.45) is 0 Å². The van der Waals surface area contributed by atoms with E-state index in [1.54, 1.807) is 0 Å². The van der Waals surface area contributed by atoms with Gasteiger partial charge in [0.1, 0.15) is 5.75 Å². The summed E-state index contributed by atoms with van der Waals surface area (Å²) in [5.74, 6) is -0.00453. The first-order valence-corrected chi connectivity index (χ1v) is 8.77. The second-order valence-electron chi connectivity index (χ2n) is 6.39. The van der Waals surface area contributed by atoms with Gasteiger partial charge in [0, 0.05) is 5.69 Å². The summed E-state index contributed by atoms with van der Waals surface area (Å²) in [7, 11) is 0. The van der Waals surface area contributed by atoms with Gasteiger partial charge in [-0.25, -0.2) is 0 Å². The predicted octanol–water partition coefficient (Wildman–Crippen LogP) is 3.59. The van der Waals surface area contributed by atoms with Gasteiger partial charge < -0.3 is 15.4 Å². The molecule has 0 aliphatic heterocycles. The number of benzene rings is 3. The topological polar surface area (TPSA) is 67.4 Å². The largest absolute Gasteiger partial charge is 0.484 e. The first-order valence-electron chi connectivity index (χ1n) is 8.77. The number of carbonyl (C=O) groups is 2. The van der Waals surface area contributed by atoms with Crippen LogP contribution in [-0.2, 0) is 9.59 Å². The third kappa shape index (κ3) is 4.85. The molecule has 5 heteroatoms. The first kappa shape index (κ1) is 18.5. The molecule has 2 amide bonds. The molecule has 0 saturated carbocycles. The van der Waals surface area contributed by atoms with Gasteiger partial charge >= 0.3 is 0 Å². The Morgan fingerprint density at radius 2 is 1.56 bits per heavy atom. The lowest BCUT2D eigenvalue weighted by molar-refractivity contribution is -0.125. The molecular weight excluding hydrogens is 340 g/mol. The summed E-state index contributed by atoms with van der Waals surface area (Å²) in [6, 6.07) is 19.4. The molecule has 3 rings (SSSR count). The quantitative estimate of drug-likeness (QED) is 0.704. The highest BCUT2D eigenvalue weighted by atomic mass is 16.5. The molecule has 0 fully saturated rings. The van der Waals surface area contributed by atoms with E-state index in [-0.39, 0.29) is 25.0 Å². The molecule has 0 bridgehead atoms. The number of amides is 2. The van der Waals surface area contributed by atoms with Crippen molar-refractivity contribution < 1.29 is 14.3 Å². The highest BCUT2D eigenvalue weighted by Gasteiger charge is 2.09. The fourth-order valence-electron chi connectivity index (χ4n) is 2.83. The molecule has 138 valence electrons. The Hall–Kier alpha value is -3.34. The number of anilines is 1. The second kappa shape index (κ2) is 8.36. The minimum Gasteiger partial charge on any atom is -0.484 e. The molecule has 3 aromatic rings. The number of rotatable bonds is 6. The lowest BCUT2D eigenvalue weighted by Crippen LogP contribution is -2.36. The van der Waals surface area contributed by atoms with E-state index in [2.05, 4.69) is 10.6 Å². The van der Waals surface area contributed by atoms with Crippen LogP contribution in [-0.4, -0.2) is 25.0 Å². The summed E-state index contributed by atoms with van der Waals surface area (Å²) in [4.78, 5) is 24.0.